The van der Waals surface area contributed by atoms with E-state index in [4.69, 9.17) is 9.15 Å². The normalized spacial score (nSPS) is 11.9. The van der Waals surface area contributed by atoms with Crippen molar-refractivity contribution in [3.63, 3.8) is 0 Å². The second kappa shape index (κ2) is 6.77. The third-order valence-electron chi connectivity index (χ3n) is 2.92. The summed E-state index contributed by atoms with van der Waals surface area (Å²) >= 11 is 0. The SMILES string of the molecule is COc1cccc(CC(=O)NC[C@@H](O)c2ccoc2)c1. The molecule has 0 spiro atoms. The zero-order valence-corrected chi connectivity index (χ0v) is 11.2. The van der Waals surface area contributed by atoms with Gasteiger partial charge in [0.2, 0.25) is 5.91 Å². The lowest BCUT2D eigenvalue weighted by atomic mass is 10.1. The van der Waals surface area contributed by atoms with Crippen LogP contribution in [0.5, 0.6) is 5.75 Å². The van der Waals surface area contributed by atoms with Crippen LogP contribution in [0, 0.1) is 0 Å². The van der Waals surface area contributed by atoms with Crippen molar-refractivity contribution in [3.8, 4) is 5.75 Å². The summed E-state index contributed by atoms with van der Waals surface area (Å²) in [5, 5.41) is 12.5. The highest BCUT2D eigenvalue weighted by molar-refractivity contribution is 5.78. The number of furan rings is 1. The maximum absolute atomic E-state index is 11.8. The van der Waals surface area contributed by atoms with Gasteiger partial charge in [-0.2, -0.15) is 0 Å². The van der Waals surface area contributed by atoms with Crippen LogP contribution < -0.4 is 10.1 Å². The van der Waals surface area contributed by atoms with Crippen molar-refractivity contribution in [2.24, 2.45) is 0 Å². The first-order chi connectivity index (χ1) is 9.69. The average Bonchev–Trinajstić information content (AvgIpc) is 2.99. The van der Waals surface area contributed by atoms with Gasteiger partial charge in [-0.15, -0.1) is 0 Å². The summed E-state index contributed by atoms with van der Waals surface area (Å²) in [4.78, 5) is 11.8. The molecule has 0 aliphatic rings. The fourth-order valence-electron chi connectivity index (χ4n) is 1.82. The van der Waals surface area contributed by atoms with Gasteiger partial charge in [-0.3, -0.25) is 4.79 Å². The Kier molecular flexibility index (Phi) is 4.79. The molecule has 1 aromatic carbocycles. The third kappa shape index (κ3) is 3.86. The van der Waals surface area contributed by atoms with Crippen molar-refractivity contribution >= 4 is 5.91 Å². The van der Waals surface area contributed by atoms with E-state index in [9.17, 15) is 9.90 Å². The van der Waals surface area contributed by atoms with Crippen LogP contribution in [0.4, 0.5) is 0 Å². The maximum atomic E-state index is 11.8. The molecule has 20 heavy (non-hydrogen) atoms. The number of hydrogen-bond donors (Lipinski definition) is 2. The minimum absolute atomic E-state index is 0.152. The van der Waals surface area contributed by atoms with Gasteiger partial charge in [0.15, 0.2) is 0 Å². The lowest BCUT2D eigenvalue weighted by Crippen LogP contribution is -2.29. The molecule has 0 saturated heterocycles. The number of aliphatic hydroxyl groups is 1. The lowest BCUT2D eigenvalue weighted by molar-refractivity contribution is -0.120. The number of carbonyl (C=O) groups is 1. The average molecular weight is 275 g/mol. The van der Waals surface area contributed by atoms with Crippen LogP contribution in [-0.2, 0) is 11.2 Å². The molecule has 2 rings (SSSR count). The van der Waals surface area contributed by atoms with E-state index in [1.54, 1.807) is 13.2 Å². The molecule has 1 heterocycles. The molecule has 5 nitrogen and oxygen atoms in total. The Bertz CT molecular complexity index is 551. The van der Waals surface area contributed by atoms with Crippen LogP contribution in [0.15, 0.2) is 47.3 Å². The molecule has 0 unspecified atom stereocenters. The molecular formula is C15H17NO4. The van der Waals surface area contributed by atoms with Gasteiger partial charge in [-0.25, -0.2) is 0 Å². The van der Waals surface area contributed by atoms with Crippen LogP contribution in [0.2, 0.25) is 0 Å². The van der Waals surface area contributed by atoms with E-state index in [-0.39, 0.29) is 18.9 Å². The summed E-state index contributed by atoms with van der Waals surface area (Å²) in [6.45, 7) is 0.155. The largest absolute Gasteiger partial charge is 0.497 e. The monoisotopic (exact) mass is 275 g/mol. The zero-order chi connectivity index (χ0) is 14.4. The second-order valence-corrected chi connectivity index (χ2v) is 4.40. The standard InChI is InChI=1S/C15H17NO4/c1-19-13-4-2-3-11(7-13)8-15(18)16-9-14(17)12-5-6-20-10-12/h2-7,10,14,17H,8-9H2,1H3,(H,16,18)/t14-/m1/s1. The number of benzene rings is 1. The highest BCUT2D eigenvalue weighted by atomic mass is 16.5. The summed E-state index contributed by atoms with van der Waals surface area (Å²) < 4.78 is 9.98. The Morgan fingerprint density at radius 3 is 3.00 bits per heavy atom. The molecule has 1 atom stereocenters. The lowest BCUT2D eigenvalue weighted by Gasteiger charge is -2.10. The molecule has 0 aliphatic carbocycles. The van der Waals surface area contributed by atoms with Gasteiger partial charge >= 0.3 is 0 Å². The van der Waals surface area contributed by atoms with Crippen LogP contribution >= 0.6 is 0 Å². The van der Waals surface area contributed by atoms with E-state index in [0.29, 0.717) is 11.3 Å². The number of rotatable bonds is 6. The van der Waals surface area contributed by atoms with Crippen LogP contribution in [0.1, 0.15) is 17.2 Å². The smallest absolute Gasteiger partial charge is 0.224 e. The van der Waals surface area contributed by atoms with Gasteiger partial charge in [-0.05, 0) is 23.8 Å². The summed E-state index contributed by atoms with van der Waals surface area (Å²) in [5.41, 5.74) is 1.51. The molecule has 0 radical (unpaired) electrons. The Morgan fingerprint density at radius 2 is 2.30 bits per heavy atom. The number of methoxy groups -OCH3 is 1. The molecular weight excluding hydrogens is 258 g/mol. The molecule has 2 N–H and O–H groups in total. The summed E-state index contributed by atoms with van der Waals surface area (Å²) in [5.74, 6) is 0.564. The quantitative estimate of drug-likeness (QED) is 0.841. The van der Waals surface area contributed by atoms with Crippen molar-refractivity contribution in [3.05, 3.63) is 54.0 Å². The van der Waals surface area contributed by atoms with Crippen LogP contribution in [-0.4, -0.2) is 24.7 Å². The first kappa shape index (κ1) is 14.1. The second-order valence-electron chi connectivity index (χ2n) is 4.40. The van der Waals surface area contributed by atoms with Crippen molar-refractivity contribution in [1.29, 1.82) is 0 Å². The van der Waals surface area contributed by atoms with Gasteiger partial charge in [0.05, 0.1) is 32.2 Å². The summed E-state index contributed by atoms with van der Waals surface area (Å²) in [6.07, 6.45) is 2.42. The zero-order valence-electron chi connectivity index (χ0n) is 11.2. The van der Waals surface area contributed by atoms with E-state index >= 15 is 0 Å². The summed E-state index contributed by atoms with van der Waals surface area (Å²) in [6, 6.07) is 8.99. The van der Waals surface area contributed by atoms with Gasteiger partial charge in [0, 0.05) is 12.1 Å². The minimum atomic E-state index is -0.761. The van der Waals surface area contributed by atoms with Gasteiger partial charge in [0.25, 0.3) is 0 Å². The van der Waals surface area contributed by atoms with Gasteiger partial charge in [-0.1, -0.05) is 12.1 Å². The Labute approximate surface area is 117 Å². The molecule has 1 amide bonds. The van der Waals surface area contributed by atoms with Crippen LogP contribution in [0.25, 0.3) is 0 Å². The predicted molar refractivity (Wildman–Crippen MR) is 73.4 cm³/mol. The number of carbonyl (C=O) groups excluding carboxylic acids is 1. The number of ether oxygens (including phenoxy) is 1. The molecule has 0 aliphatic heterocycles. The van der Waals surface area contributed by atoms with Gasteiger partial charge < -0.3 is 19.6 Å². The van der Waals surface area contributed by atoms with Crippen molar-refractivity contribution < 1.29 is 19.1 Å². The first-order valence-corrected chi connectivity index (χ1v) is 6.29. The molecule has 2 aromatic rings. The third-order valence-corrected chi connectivity index (χ3v) is 2.92. The maximum Gasteiger partial charge on any atom is 0.224 e. The first-order valence-electron chi connectivity index (χ1n) is 6.29. The van der Waals surface area contributed by atoms with Crippen molar-refractivity contribution in [2.75, 3.05) is 13.7 Å². The fraction of sp³-hybridized carbons (Fsp3) is 0.267. The Balaban J connectivity index is 1.83. The van der Waals surface area contributed by atoms with E-state index in [1.807, 2.05) is 24.3 Å². The molecule has 5 heteroatoms. The van der Waals surface area contributed by atoms with E-state index in [0.717, 1.165) is 5.56 Å². The number of hydrogen-bond acceptors (Lipinski definition) is 4. The van der Waals surface area contributed by atoms with Crippen molar-refractivity contribution in [1.82, 2.24) is 5.32 Å². The molecule has 0 bridgehead atoms. The number of nitrogens with one attached hydrogen (secondary N) is 1. The van der Waals surface area contributed by atoms with E-state index < -0.39 is 6.10 Å². The number of aliphatic hydroxyl groups excluding tert-OH is 1. The molecule has 106 valence electrons. The number of amides is 1. The van der Waals surface area contributed by atoms with Crippen molar-refractivity contribution in [2.45, 2.75) is 12.5 Å². The Morgan fingerprint density at radius 1 is 1.45 bits per heavy atom. The highest BCUT2D eigenvalue weighted by Gasteiger charge is 2.11. The summed E-state index contributed by atoms with van der Waals surface area (Å²) in [7, 11) is 1.58. The van der Waals surface area contributed by atoms with E-state index in [1.165, 1.54) is 12.5 Å². The van der Waals surface area contributed by atoms with Gasteiger partial charge in [0.1, 0.15) is 5.75 Å². The van der Waals surface area contributed by atoms with E-state index in [2.05, 4.69) is 5.32 Å². The molecule has 0 saturated carbocycles. The molecule has 1 aromatic heterocycles. The molecule has 0 fully saturated rings. The minimum Gasteiger partial charge on any atom is -0.497 e. The van der Waals surface area contributed by atoms with Crippen LogP contribution in [0.3, 0.4) is 0 Å². The fourth-order valence-corrected chi connectivity index (χ4v) is 1.82. The highest BCUT2D eigenvalue weighted by Crippen LogP contribution is 2.14. The Hall–Kier alpha value is -2.27. The topological polar surface area (TPSA) is 71.7 Å². The predicted octanol–water partition coefficient (Wildman–Crippen LogP) is 1.68.